The van der Waals surface area contributed by atoms with E-state index in [-0.39, 0.29) is 6.10 Å². The summed E-state index contributed by atoms with van der Waals surface area (Å²) < 4.78 is 4.91. The van der Waals surface area contributed by atoms with Crippen molar-refractivity contribution in [1.29, 1.82) is 0 Å². The van der Waals surface area contributed by atoms with Gasteiger partial charge in [0.1, 0.15) is 6.61 Å². The molecule has 0 saturated carbocycles. The molecule has 0 saturated heterocycles. The van der Waals surface area contributed by atoms with Crippen LogP contribution in [0.3, 0.4) is 0 Å². The Labute approximate surface area is 55.8 Å². The van der Waals surface area contributed by atoms with E-state index in [0.29, 0.717) is 13.2 Å². The van der Waals surface area contributed by atoms with Gasteiger partial charge in [0, 0.05) is 0 Å². The van der Waals surface area contributed by atoms with Gasteiger partial charge in [-0.1, -0.05) is 5.92 Å². The molecular formula is C7H12O2. The molecule has 2 nitrogen and oxygen atoms in total. The summed E-state index contributed by atoms with van der Waals surface area (Å²) in [6.45, 7) is 4.22. The van der Waals surface area contributed by atoms with E-state index < -0.39 is 0 Å². The van der Waals surface area contributed by atoms with Crippen LogP contribution in [0.4, 0.5) is 0 Å². The highest BCUT2D eigenvalue weighted by Gasteiger charge is 1.91. The van der Waals surface area contributed by atoms with Gasteiger partial charge in [-0.3, -0.25) is 0 Å². The molecule has 1 unspecified atom stereocenters. The van der Waals surface area contributed by atoms with Gasteiger partial charge in [-0.05, 0) is 13.8 Å². The van der Waals surface area contributed by atoms with Gasteiger partial charge >= 0.3 is 0 Å². The normalized spacial score (nSPS) is 11.9. The Kier molecular flexibility index (Phi) is 5.29. The van der Waals surface area contributed by atoms with Crippen LogP contribution >= 0.6 is 0 Å². The van der Waals surface area contributed by atoms with Crippen LogP contribution in [0.5, 0.6) is 0 Å². The zero-order valence-corrected chi connectivity index (χ0v) is 5.85. The minimum absolute atomic E-state index is 0.370. The monoisotopic (exact) mass is 128 g/mol. The number of aliphatic hydroxyl groups is 1. The van der Waals surface area contributed by atoms with Gasteiger partial charge in [0.05, 0.1) is 12.7 Å². The van der Waals surface area contributed by atoms with Gasteiger partial charge in [0.2, 0.25) is 0 Å². The molecule has 2 heteroatoms. The molecule has 0 rings (SSSR count). The fourth-order valence-corrected chi connectivity index (χ4v) is 0.353. The van der Waals surface area contributed by atoms with Crippen LogP contribution in [0, 0.1) is 11.8 Å². The van der Waals surface area contributed by atoms with E-state index in [1.165, 1.54) is 0 Å². The van der Waals surface area contributed by atoms with Gasteiger partial charge < -0.3 is 9.84 Å². The number of ether oxygens (including phenoxy) is 1. The summed E-state index contributed by atoms with van der Waals surface area (Å²) in [5.41, 5.74) is 0. The molecule has 0 aliphatic carbocycles. The Hall–Kier alpha value is -0.520. The molecule has 0 fully saturated rings. The van der Waals surface area contributed by atoms with Crippen LogP contribution in [0.25, 0.3) is 0 Å². The summed E-state index contributed by atoms with van der Waals surface area (Å²) in [6.07, 6.45) is -0.386. The van der Waals surface area contributed by atoms with Gasteiger partial charge in [0.25, 0.3) is 0 Å². The largest absolute Gasteiger partial charge is 0.391 e. The van der Waals surface area contributed by atoms with E-state index in [9.17, 15) is 0 Å². The van der Waals surface area contributed by atoms with Crippen LogP contribution in [-0.4, -0.2) is 24.4 Å². The summed E-state index contributed by atoms with van der Waals surface area (Å²) in [5, 5.41) is 8.68. The maximum Gasteiger partial charge on any atom is 0.107 e. The molecule has 0 aromatic heterocycles. The first kappa shape index (κ1) is 8.48. The van der Waals surface area contributed by atoms with Crippen molar-refractivity contribution in [3.8, 4) is 11.8 Å². The molecule has 0 heterocycles. The molecule has 0 bridgehead atoms. The molecule has 0 radical (unpaired) electrons. The topological polar surface area (TPSA) is 29.5 Å². The van der Waals surface area contributed by atoms with Crippen molar-refractivity contribution in [3.63, 3.8) is 0 Å². The molecule has 9 heavy (non-hydrogen) atoms. The quantitative estimate of drug-likeness (QED) is 0.440. The van der Waals surface area contributed by atoms with E-state index in [0.717, 1.165) is 0 Å². The zero-order chi connectivity index (χ0) is 7.11. The standard InChI is InChI=1S/C7H12O2/c1-3-4-5-9-6-7(2)8/h7-8H,5-6H2,1-2H3. The molecule has 0 amide bonds. The predicted octanol–water partition coefficient (Wildman–Crippen LogP) is 0.407. The maximum absolute atomic E-state index is 8.68. The Morgan fingerprint density at radius 3 is 2.78 bits per heavy atom. The van der Waals surface area contributed by atoms with Crippen molar-refractivity contribution >= 4 is 0 Å². The highest BCUT2D eigenvalue weighted by molar-refractivity contribution is 4.94. The summed E-state index contributed by atoms with van der Waals surface area (Å²) >= 11 is 0. The second kappa shape index (κ2) is 5.61. The Bertz CT molecular complexity index is 108. The summed E-state index contributed by atoms with van der Waals surface area (Å²) in [4.78, 5) is 0. The second-order valence-electron chi connectivity index (χ2n) is 1.79. The molecule has 0 aromatic rings. The predicted molar refractivity (Wildman–Crippen MR) is 35.9 cm³/mol. The molecule has 0 spiro atoms. The highest BCUT2D eigenvalue weighted by atomic mass is 16.5. The lowest BCUT2D eigenvalue weighted by Gasteiger charge is -2.00. The fourth-order valence-electron chi connectivity index (χ4n) is 0.353. The number of aliphatic hydroxyl groups excluding tert-OH is 1. The lowest BCUT2D eigenvalue weighted by molar-refractivity contribution is 0.0621. The van der Waals surface area contributed by atoms with Crippen LogP contribution in [-0.2, 0) is 4.74 Å². The highest BCUT2D eigenvalue weighted by Crippen LogP contribution is 1.80. The van der Waals surface area contributed by atoms with Crippen molar-refractivity contribution < 1.29 is 9.84 Å². The number of hydrogen-bond donors (Lipinski definition) is 1. The maximum atomic E-state index is 8.68. The Morgan fingerprint density at radius 2 is 2.33 bits per heavy atom. The summed E-state index contributed by atoms with van der Waals surface area (Å²) in [7, 11) is 0. The molecule has 1 atom stereocenters. The van der Waals surface area contributed by atoms with Gasteiger partial charge in [-0.25, -0.2) is 0 Å². The van der Waals surface area contributed by atoms with E-state index in [1.807, 2.05) is 0 Å². The van der Waals surface area contributed by atoms with E-state index in [1.54, 1.807) is 13.8 Å². The third-order valence-electron chi connectivity index (χ3n) is 0.710. The Morgan fingerprint density at radius 1 is 1.67 bits per heavy atom. The second-order valence-corrected chi connectivity index (χ2v) is 1.79. The zero-order valence-electron chi connectivity index (χ0n) is 5.85. The van der Waals surface area contributed by atoms with E-state index >= 15 is 0 Å². The van der Waals surface area contributed by atoms with Crippen LogP contribution < -0.4 is 0 Å². The minimum Gasteiger partial charge on any atom is -0.391 e. The van der Waals surface area contributed by atoms with Gasteiger partial charge in [-0.2, -0.15) is 0 Å². The van der Waals surface area contributed by atoms with Crippen LogP contribution in [0.1, 0.15) is 13.8 Å². The van der Waals surface area contributed by atoms with E-state index in [4.69, 9.17) is 9.84 Å². The number of hydrogen-bond acceptors (Lipinski definition) is 2. The van der Waals surface area contributed by atoms with Crippen molar-refractivity contribution in [2.45, 2.75) is 20.0 Å². The fraction of sp³-hybridized carbons (Fsp3) is 0.714. The van der Waals surface area contributed by atoms with Crippen molar-refractivity contribution in [2.75, 3.05) is 13.2 Å². The molecule has 0 aliphatic heterocycles. The lowest BCUT2D eigenvalue weighted by atomic mass is 10.4. The van der Waals surface area contributed by atoms with Crippen molar-refractivity contribution in [2.24, 2.45) is 0 Å². The molecule has 0 aliphatic rings. The van der Waals surface area contributed by atoms with E-state index in [2.05, 4.69) is 11.8 Å². The van der Waals surface area contributed by atoms with Crippen molar-refractivity contribution in [3.05, 3.63) is 0 Å². The third kappa shape index (κ3) is 7.48. The Balaban J connectivity index is 2.98. The first-order chi connectivity index (χ1) is 4.27. The molecule has 52 valence electrons. The minimum atomic E-state index is -0.386. The third-order valence-corrected chi connectivity index (χ3v) is 0.710. The SMILES string of the molecule is CC#CCOCC(C)O. The molecular weight excluding hydrogens is 116 g/mol. The van der Waals surface area contributed by atoms with Crippen LogP contribution in [0.15, 0.2) is 0 Å². The first-order valence-electron chi connectivity index (χ1n) is 2.92. The average Bonchev–Trinajstić information content (AvgIpc) is 1.80. The molecule has 0 aromatic carbocycles. The summed E-state index contributed by atoms with van der Waals surface area (Å²) in [6, 6.07) is 0. The van der Waals surface area contributed by atoms with Gasteiger partial charge in [-0.15, -0.1) is 5.92 Å². The lowest BCUT2D eigenvalue weighted by Crippen LogP contribution is -2.10. The molecule has 1 N–H and O–H groups in total. The number of rotatable bonds is 3. The summed E-state index contributed by atoms with van der Waals surface area (Å²) in [5.74, 6) is 5.41. The first-order valence-corrected chi connectivity index (χ1v) is 2.92. The average molecular weight is 128 g/mol. The smallest absolute Gasteiger partial charge is 0.107 e. The van der Waals surface area contributed by atoms with Gasteiger partial charge in [0.15, 0.2) is 0 Å². The van der Waals surface area contributed by atoms with Crippen molar-refractivity contribution in [1.82, 2.24) is 0 Å². The van der Waals surface area contributed by atoms with Crippen LogP contribution in [0.2, 0.25) is 0 Å².